The van der Waals surface area contributed by atoms with Crippen molar-refractivity contribution in [2.75, 3.05) is 0 Å². The standard InChI is InChI=1S/C16H15F3N2O3/c1-8-14(10(3)22)9(2)20-15(8)12(23)7-21-6-11(16(17,18)19)4-5-13(21)24/h4-6,20H,7H2,1-3H3. The number of hydrogen-bond donors (Lipinski definition) is 1. The van der Waals surface area contributed by atoms with Crippen LogP contribution < -0.4 is 5.56 Å². The van der Waals surface area contributed by atoms with E-state index in [4.69, 9.17) is 0 Å². The molecule has 0 saturated carbocycles. The van der Waals surface area contributed by atoms with Crippen molar-refractivity contribution < 1.29 is 22.8 Å². The van der Waals surface area contributed by atoms with E-state index in [1.165, 1.54) is 6.92 Å². The van der Waals surface area contributed by atoms with Gasteiger partial charge in [0.25, 0.3) is 5.56 Å². The number of Topliss-reactive ketones (excluding diaryl/α,β-unsaturated/α-hetero) is 2. The van der Waals surface area contributed by atoms with Crippen molar-refractivity contribution in [1.29, 1.82) is 0 Å². The topological polar surface area (TPSA) is 71.9 Å². The minimum atomic E-state index is -4.61. The summed E-state index contributed by atoms with van der Waals surface area (Å²) in [4.78, 5) is 38.4. The fourth-order valence-corrected chi connectivity index (χ4v) is 2.61. The molecule has 0 bridgehead atoms. The molecule has 24 heavy (non-hydrogen) atoms. The average Bonchev–Trinajstić information content (AvgIpc) is 2.75. The summed E-state index contributed by atoms with van der Waals surface area (Å²) < 4.78 is 38.9. The fourth-order valence-electron chi connectivity index (χ4n) is 2.61. The van der Waals surface area contributed by atoms with Crippen molar-refractivity contribution >= 4 is 11.6 Å². The Hall–Kier alpha value is -2.64. The van der Waals surface area contributed by atoms with Crippen molar-refractivity contribution in [1.82, 2.24) is 9.55 Å². The SMILES string of the molecule is CC(=O)c1c(C)[nH]c(C(=O)Cn2cc(C(F)(F)F)ccc2=O)c1C. The van der Waals surface area contributed by atoms with Crippen LogP contribution in [0.3, 0.4) is 0 Å². The van der Waals surface area contributed by atoms with E-state index >= 15 is 0 Å². The highest BCUT2D eigenvalue weighted by Crippen LogP contribution is 2.28. The number of hydrogen-bond acceptors (Lipinski definition) is 3. The van der Waals surface area contributed by atoms with Crippen LogP contribution in [-0.4, -0.2) is 21.1 Å². The summed E-state index contributed by atoms with van der Waals surface area (Å²) in [5, 5.41) is 0. The monoisotopic (exact) mass is 340 g/mol. The van der Waals surface area contributed by atoms with Crippen LogP contribution in [0.25, 0.3) is 0 Å². The number of H-pyrrole nitrogens is 1. The summed E-state index contributed by atoms with van der Waals surface area (Å²) in [5.74, 6) is -0.805. The molecule has 2 aromatic heterocycles. The molecule has 128 valence electrons. The second kappa shape index (κ2) is 6.10. The Balaban J connectivity index is 2.39. The van der Waals surface area contributed by atoms with Gasteiger partial charge in [0, 0.05) is 23.5 Å². The molecular formula is C16H15F3N2O3. The number of aryl methyl sites for hydroxylation is 1. The summed E-state index contributed by atoms with van der Waals surface area (Å²) in [5.41, 5.74) is -0.329. The van der Waals surface area contributed by atoms with Gasteiger partial charge in [-0.15, -0.1) is 0 Å². The van der Waals surface area contributed by atoms with Crippen molar-refractivity contribution in [3.8, 4) is 0 Å². The predicted octanol–water partition coefficient (Wildman–Crippen LogP) is 2.90. The molecule has 0 aliphatic rings. The van der Waals surface area contributed by atoms with Crippen LogP contribution in [0.5, 0.6) is 0 Å². The maximum absolute atomic E-state index is 12.7. The van der Waals surface area contributed by atoms with Gasteiger partial charge in [-0.3, -0.25) is 14.4 Å². The molecule has 8 heteroatoms. The first-order valence-corrected chi connectivity index (χ1v) is 7.03. The summed E-state index contributed by atoms with van der Waals surface area (Å²) in [6.45, 7) is 3.99. The number of aromatic nitrogens is 2. The van der Waals surface area contributed by atoms with Crippen LogP contribution in [0.4, 0.5) is 13.2 Å². The smallest absolute Gasteiger partial charge is 0.355 e. The maximum Gasteiger partial charge on any atom is 0.417 e. The quantitative estimate of drug-likeness (QED) is 0.870. The van der Waals surface area contributed by atoms with Gasteiger partial charge in [-0.25, -0.2) is 0 Å². The average molecular weight is 340 g/mol. The fraction of sp³-hybridized carbons (Fsp3) is 0.312. The number of nitrogens with zero attached hydrogens (tertiary/aromatic N) is 1. The highest BCUT2D eigenvalue weighted by molar-refractivity contribution is 6.03. The van der Waals surface area contributed by atoms with E-state index in [0.29, 0.717) is 33.7 Å². The first-order valence-electron chi connectivity index (χ1n) is 7.03. The lowest BCUT2D eigenvalue weighted by atomic mass is 10.1. The molecule has 0 radical (unpaired) electrons. The third kappa shape index (κ3) is 3.32. The maximum atomic E-state index is 12.7. The lowest BCUT2D eigenvalue weighted by molar-refractivity contribution is -0.138. The van der Waals surface area contributed by atoms with Crippen LogP contribution >= 0.6 is 0 Å². The number of halogens is 3. The van der Waals surface area contributed by atoms with Crippen molar-refractivity contribution in [3.05, 3.63) is 56.8 Å². The third-order valence-corrected chi connectivity index (χ3v) is 3.69. The molecule has 2 aromatic rings. The number of alkyl halides is 3. The summed E-state index contributed by atoms with van der Waals surface area (Å²) >= 11 is 0. The van der Waals surface area contributed by atoms with Crippen LogP contribution in [-0.2, 0) is 12.7 Å². The minimum Gasteiger partial charge on any atom is -0.355 e. The van der Waals surface area contributed by atoms with Gasteiger partial charge in [-0.2, -0.15) is 13.2 Å². The lowest BCUT2D eigenvalue weighted by Crippen LogP contribution is -2.25. The Morgan fingerprint density at radius 1 is 1.21 bits per heavy atom. The van der Waals surface area contributed by atoms with Gasteiger partial charge in [0.1, 0.15) is 0 Å². The second-order valence-corrected chi connectivity index (χ2v) is 5.49. The van der Waals surface area contributed by atoms with E-state index in [1.54, 1.807) is 13.8 Å². The normalized spacial score (nSPS) is 11.6. The largest absolute Gasteiger partial charge is 0.417 e. The minimum absolute atomic E-state index is 0.113. The summed E-state index contributed by atoms with van der Waals surface area (Å²) in [7, 11) is 0. The molecule has 0 aromatic carbocycles. The Morgan fingerprint density at radius 2 is 1.83 bits per heavy atom. The molecule has 0 aliphatic heterocycles. The number of nitrogens with one attached hydrogen (secondary N) is 1. The van der Waals surface area contributed by atoms with Gasteiger partial charge in [0.15, 0.2) is 11.6 Å². The van der Waals surface area contributed by atoms with E-state index in [0.717, 1.165) is 6.07 Å². The van der Waals surface area contributed by atoms with E-state index in [2.05, 4.69) is 4.98 Å². The number of carbonyl (C=O) groups excluding carboxylic acids is 2. The van der Waals surface area contributed by atoms with Crippen LogP contribution in [0.15, 0.2) is 23.1 Å². The number of aromatic amines is 1. The van der Waals surface area contributed by atoms with Crippen molar-refractivity contribution in [2.45, 2.75) is 33.5 Å². The predicted molar refractivity (Wildman–Crippen MR) is 80.3 cm³/mol. The molecular weight excluding hydrogens is 325 g/mol. The lowest BCUT2D eigenvalue weighted by Gasteiger charge is -2.10. The zero-order valence-corrected chi connectivity index (χ0v) is 13.2. The van der Waals surface area contributed by atoms with Gasteiger partial charge >= 0.3 is 6.18 Å². The van der Waals surface area contributed by atoms with Gasteiger partial charge in [0.2, 0.25) is 0 Å². The summed E-state index contributed by atoms with van der Waals surface area (Å²) in [6, 6.07) is 1.44. The number of carbonyl (C=O) groups is 2. The molecule has 2 heterocycles. The molecule has 0 aliphatic carbocycles. The number of ketones is 2. The van der Waals surface area contributed by atoms with E-state index in [1.807, 2.05) is 0 Å². The van der Waals surface area contributed by atoms with Gasteiger partial charge in [0.05, 0.1) is 17.8 Å². The molecule has 2 rings (SSSR count). The van der Waals surface area contributed by atoms with Crippen molar-refractivity contribution in [2.24, 2.45) is 0 Å². The first-order chi connectivity index (χ1) is 11.0. The first kappa shape index (κ1) is 17.7. The molecule has 1 N–H and O–H groups in total. The van der Waals surface area contributed by atoms with Gasteiger partial charge in [-0.1, -0.05) is 0 Å². The Bertz CT molecular complexity index is 876. The highest BCUT2D eigenvalue weighted by Gasteiger charge is 2.31. The molecule has 0 amide bonds. The van der Waals surface area contributed by atoms with Crippen LogP contribution in [0.1, 0.15) is 44.6 Å². The van der Waals surface area contributed by atoms with Crippen molar-refractivity contribution in [3.63, 3.8) is 0 Å². The Labute approximate surface area is 135 Å². The zero-order valence-electron chi connectivity index (χ0n) is 13.2. The number of rotatable bonds is 4. The molecule has 0 fully saturated rings. The third-order valence-electron chi connectivity index (χ3n) is 3.69. The van der Waals surface area contributed by atoms with E-state index < -0.39 is 29.6 Å². The van der Waals surface area contributed by atoms with E-state index in [9.17, 15) is 27.6 Å². The van der Waals surface area contributed by atoms with Gasteiger partial charge < -0.3 is 9.55 Å². The number of pyridine rings is 1. The van der Waals surface area contributed by atoms with Crippen LogP contribution in [0.2, 0.25) is 0 Å². The Kier molecular flexibility index (Phi) is 4.50. The molecule has 0 spiro atoms. The molecule has 0 atom stereocenters. The summed E-state index contributed by atoms with van der Waals surface area (Å²) in [6.07, 6.45) is -4.00. The van der Waals surface area contributed by atoms with E-state index in [-0.39, 0.29) is 11.5 Å². The molecule has 0 saturated heterocycles. The van der Waals surface area contributed by atoms with Crippen LogP contribution in [0, 0.1) is 13.8 Å². The highest BCUT2D eigenvalue weighted by atomic mass is 19.4. The zero-order chi connectivity index (χ0) is 18.2. The Morgan fingerprint density at radius 3 is 2.33 bits per heavy atom. The second-order valence-electron chi connectivity index (χ2n) is 5.49. The molecule has 0 unspecified atom stereocenters. The van der Waals surface area contributed by atoms with Gasteiger partial charge in [-0.05, 0) is 32.4 Å². The molecule has 5 nitrogen and oxygen atoms in total.